The van der Waals surface area contributed by atoms with E-state index in [1.54, 1.807) is 12.1 Å². The van der Waals surface area contributed by atoms with E-state index in [-0.39, 0.29) is 5.56 Å². The van der Waals surface area contributed by atoms with Gasteiger partial charge in [-0.15, -0.1) is 11.3 Å². The minimum absolute atomic E-state index is 0.114. The first kappa shape index (κ1) is 14.6. The van der Waals surface area contributed by atoms with E-state index in [2.05, 4.69) is 22.2 Å². The number of nitrogens with zero attached hydrogens (tertiary/aromatic N) is 1. The van der Waals surface area contributed by atoms with Crippen LogP contribution in [0.5, 0.6) is 5.75 Å². The molecule has 0 spiro atoms. The smallest absolute Gasteiger partial charge is 0.339 e. The van der Waals surface area contributed by atoms with Crippen LogP contribution < -0.4 is 4.74 Å². The first-order chi connectivity index (χ1) is 10.7. The van der Waals surface area contributed by atoms with E-state index in [0.29, 0.717) is 17.2 Å². The molecule has 0 bridgehead atoms. The Morgan fingerprint density at radius 2 is 2.23 bits per heavy atom. The summed E-state index contributed by atoms with van der Waals surface area (Å²) in [5.41, 5.74) is 1.89. The number of carbonyl (C=O) groups is 1. The standard InChI is InChI=1S/C17H15NO3S/c1-21-15-7-5-11(9-13(15)17(19)20)6-8-16-18-14(10-22-16)12-3-2-4-12/h5,7,9-10,12H,2-4H2,1H3,(H,19,20). The monoisotopic (exact) mass is 313 g/mol. The molecule has 3 rings (SSSR count). The summed E-state index contributed by atoms with van der Waals surface area (Å²) in [6, 6.07) is 4.89. The van der Waals surface area contributed by atoms with E-state index in [1.807, 2.05) is 0 Å². The van der Waals surface area contributed by atoms with Gasteiger partial charge < -0.3 is 9.84 Å². The molecule has 1 aromatic carbocycles. The maximum Gasteiger partial charge on any atom is 0.339 e. The van der Waals surface area contributed by atoms with Gasteiger partial charge in [-0.05, 0) is 37.0 Å². The molecule has 0 aliphatic heterocycles. The Balaban J connectivity index is 1.82. The Labute approximate surface area is 132 Å². The van der Waals surface area contributed by atoms with E-state index in [4.69, 9.17) is 9.84 Å². The van der Waals surface area contributed by atoms with Crippen molar-refractivity contribution in [2.75, 3.05) is 7.11 Å². The molecule has 5 heteroatoms. The number of hydrogen-bond acceptors (Lipinski definition) is 4. The predicted octanol–water partition coefficient (Wildman–Crippen LogP) is 3.52. The van der Waals surface area contributed by atoms with Crippen molar-refractivity contribution >= 4 is 17.3 Å². The minimum Gasteiger partial charge on any atom is -0.496 e. The molecule has 1 aliphatic rings. The van der Waals surface area contributed by atoms with Gasteiger partial charge in [0.15, 0.2) is 5.01 Å². The van der Waals surface area contributed by atoms with Crippen molar-refractivity contribution in [3.63, 3.8) is 0 Å². The van der Waals surface area contributed by atoms with Crippen LogP contribution in [0.4, 0.5) is 0 Å². The third-order valence-corrected chi connectivity index (χ3v) is 4.57. The number of carboxylic acid groups (broad SMARTS) is 1. The molecule has 0 unspecified atom stereocenters. The fourth-order valence-electron chi connectivity index (χ4n) is 2.31. The van der Waals surface area contributed by atoms with Crippen LogP contribution in [0.2, 0.25) is 0 Å². The van der Waals surface area contributed by atoms with Crippen LogP contribution in [0.15, 0.2) is 23.6 Å². The van der Waals surface area contributed by atoms with Crippen LogP contribution in [0, 0.1) is 11.8 Å². The zero-order valence-electron chi connectivity index (χ0n) is 12.1. The van der Waals surface area contributed by atoms with Gasteiger partial charge in [-0.3, -0.25) is 0 Å². The highest BCUT2D eigenvalue weighted by molar-refractivity contribution is 7.10. The first-order valence-corrected chi connectivity index (χ1v) is 7.94. The number of methoxy groups -OCH3 is 1. The van der Waals surface area contributed by atoms with Gasteiger partial charge in [0.2, 0.25) is 0 Å². The van der Waals surface area contributed by atoms with Crippen LogP contribution in [-0.2, 0) is 0 Å². The minimum atomic E-state index is -1.03. The third kappa shape index (κ3) is 2.97. The van der Waals surface area contributed by atoms with Gasteiger partial charge in [-0.25, -0.2) is 9.78 Å². The lowest BCUT2D eigenvalue weighted by atomic mass is 9.83. The maximum atomic E-state index is 11.2. The van der Waals surface area contributed by atoms with Crippen molar-refractivity contribution < 1.29 is 14.6 Å². The summed E-state index contributed by atoms with van der Waals surface area (Å²) in [5.74, 6) is 5.90. The summed E-state index contributed by atoms with van der Waals surface area (Å²) in [6.45, 7) is 0. The summed E-state index contributed by atoms with van der Waals surface area (Å²) in [7, 11) is 1.45. The summed E-state index contributed by atoms with van der Waals surface area (Å²) in [5, 5.41) is 12.0. The van der Waals surface area contributed by atoms with Gasteiger partial charge in [-0.2, -0.15) is 0 Å². The molecule has 0 amide bonds. The molecule has 2 aromatic rings. The van der Waals surface area contributed by atoms with Crippen molar-refractivity contribution in [1.29, 1.82) is 0 Å². The summed E-state index contributed by atoms with van der Waals surface area (Å²) in [4.78, 5) is 15.7. The van der Waals surface area contributed by atoms with Crippen LogP contribution in [-0.4, -0.2) is 23.2 Å². The highest BCUT2D eigenvalue weighted by Gasteiger charge is 2.21. The lowest BCUT2D eigenvalue weighted by Crippen LogP contribution is -2.08. The Bertz CT molecular complexity index is 766. The molecule has 112 valence electrons. The topological polar surface area (TPSA) is 59.4 Å². The molecule has 1 aromatic heterocycles. The van der Waals surface area contributed by atoms with Gasteiger partial charge in [-0.1, -0.05) is 12.3 Å². The zero-order valence-corrected chi connectivity index (χ0v) is 12.9. The molecule has 0 saturated heterocycles. The molecular formula is C17H15NO3S. The molecule has 0 radical (unpaired) electrons. The average Bonchev–Trinajstić information content (AvgIpc) is 2.91. The van der Waals surface area contributed by atoms with Crippen LogP contribution in [0.1, 0.15) is 51.8 Å². The summed E-state index contributed by atoms with van der Waals surface area (Å²) < 4.78 is 5.03. The second-order valence-corrected chi connectivity index (χ2v) is 6.03. The number of hydrogen-bond donors (Lipinski definition) is 1. The molecule has 1 fully saturated rings. The van der Waals surface area contributed by atoms with Gasteiger partial charge in [0.25, 0.3) is 0 Å². The van der Waals surface area contributed by atoms with Crippen molar-refractivity contribution in [2.24, 2.45) is 0 Å². The highest BCUT2D eigenvalue weighted by atomic mass is 32.1. The number of thiazole rings is 1. The van der Waals surface area contributed by atoms with E-state index in [0.717, 1.165) is 10.7 Å². The van der Waals surface area contributed by atoms with Gasteiger partial charge in [0.05, 0.1) is 12.8 Å². The van der Waals surface area contributed by atoms with Gasteiger partial charge in [0.1, 0.15) is 11.3 Å². The fraction of sp³-hybridized carbons (Fsp3) is 0.294. The fourth-order valence-corrected chi connectivity index (χ4v) is 3.06. The summed E-state index contributed by atoms with van der Waals surface area (Å²) >= 11 is 1.54. The van der Waals surface area contributed by atoms with Crippen molar-refractivity contribution in [2.45, 2.75) is 25.2 Å². The predicted molar refractivity (Wildman–Crippen MR) is 84.6 cm³/mol. The Kier molecular flexibility index (Phi) is 4.12. The summed E-state index contributed by atoms with van der Waals surface area (Å²) in [6.07, 6.45) is 3.72. The molecule has 1 aliphatic carbocycles. The normalized spacial score (nSPS) is 13.9. The number of rotatable bonds is 3. The van der Waals surface area contributed by atoms with Crippen LogP contribution in [0.3, 0.4) is 0 Å². The Morgan fingerprint density at radius 1 is 1.41 bits per heavy atom. The van der Waals surface area contributed by atoms with Gasteiger partial charge in [0, 0.05) is 16.9 Å². The maximum absolute atomic E-state index is 11.2. The second kappa shape index (κ2) is 6.20. The van der Waals surface area contributed by atoms with Crippen molar-refractivity contribution in [3.8, 4) is 17.6 Å². The van der Waals surface area contributed by atoms with Crippen LogP contribution in [0.25, 0.3) is 0 Å². The molecule has 1 N–H and O–H groups in total. The zero-order chi connectivity index (χ0) is 15.5. The molecule has 22 heavy (non-hydrogen) atoms. The number of aromatic nitrogens is 1. The van der Waals surface area contributed by atoms with Crippen molar-refractivity contribution in [1.82, 2.24) is 4.98 Å². The van der Waals surface area contributed by atoms with E-state index in [9.17, 15) is 4.79 Å². The number of benzene rings is 1. The molecule has 1 saturated carbocycles. The van der Waals surface area contributed by atoms with Crippen molar-refractivity contribution in [3.05, 3.63) is 45.4 Å². The number of aromatic carboxylic acids is 1. The van der Waals surface area contributed by atoms with E-state index < -0.39 is 5.97 Å². The highest BCUT2D eigenvalue weighted by Crippen LogP contribution is 2.36. The quantitative estimate of drug-likeness (QED) is 0.881. The number of ether oxygens (including phenoxy) is 1. The molecule has 4 nitrogen and oxygen atoms in total. The molecular weight excluding hydrogens is 298 g/mol. The lowest BCUT2D eigenvalue weighted by Gasteiger charge is -2.22. The first-order valence-electron chi connectivity index (χ1n) is 7.06. The Hall–Kier alpha value is -2.32. The van der Waals surface area contributed by atoms with E-state index >= 15 is 0 Å². The lowest BCUT2D eigenvalue weighted by molar-refractivity contribution is 0.0693. The third-order valence-electron chi connectivity index (χ3n) is 3.79. The number of carboxylic acids is 1. The largest absolute Gasteiger partial charge is 0.496 e. The molecule has 0 atom stereocenters. The van der Waals surface area contributed by atoms with Gasteiger partial charge >= 0.3 is 5.97 Å². The SMILES string of the molecule is COc1ccc(C#Cc2nc(C3CCC3)cs2)cc1C(=O)O. The average molecular weight is 313 g/mol. The molecule has 1 heterocycles. The van der Waals surface area contributed by atoms with Crippen LogP contribution >= 0.6 is 11.3 Å². The second-order valence-electron chi connectivity index (χ2n) is 5.18. The Morgan fingerprint density at radius 3 is 2.86 bits per heavy atom. The van der Waals surface area contributed by atoms with E-state index in [1.165, 1.54) is 43.8 Å².